The summed E-state index contributed by atoms with van der Waals surface area (Å²) < 4.78 is 29.0. The Labute approximate surface area is 118 Å². The number of nitrogen functional groups attached to an aromatic ring is 1. The van der Waals surface area contributed by atoms with Crippen LogP contribution in [0.4, 0.5) is 11.5 Å². The maximum atomic E-state index is 12.5. The molecule has 1 aromatic carbocycles. The van der Waals surface area contributed by atoms with E-state index in [1.807, 2.05) is 6.92 Å². The lowest BCUT2D eigenvalue weighted by molar-refractivity contribution is 0.599. The van der Waals surface area contributed by atoms with Crippen LogP contribution in [0.1, 0.15) is 16.7 Å². The predicted octanol–water partition coefficient (Wildman–Crippen LogP) is 1.73. The molecule has 0 aliphatic rings. The summed E-state index contributed by atoms with van der Waals surface area (Å²) >= 11 is 0. The van der Waals surface area contributed by atoms with E-state index in [-0.39, 0.29) is 10.7 Å². The molecule has 2 aromatic rings. The first-order valence-electron chi connectivity index (χ1n) is 6.11. The molecule has 0 unspecified atom stereocenters. The van der Waals surface area contributed by atoms with E-state index < -0.39 is 10.0 Å². The smallest absolute Gasteiger partial charge is 0.263 e. The monoisotopic (exact) mass is 294 g/mol. The van der Waals surface area contributed by atoms with Crippen LogP contribution in [0.25, 0.3) is 0 Å². The molecule has 3 N–H and O–H groups in total. The van der Waals surface area contributed by atoms with Gasteiger partial charge >= 0.3 is 0 Å². The van der Waals surface area contributed by atoms with E-state index in [2.05, 4.69) is 9.82 Å². The Morgan fingerprint density at radius 3 is 2.45 bits per heavy atom. The van der Waals surface area contributed by atoms with Crippen molar-refractivity contribution >= 4 is 21.5 Å². The molecule has 2 rings (SSSR count). The number of nitrogens with one attached hydrogen (secondary N) is 1. The number of nitrogens with zero attached hydrogens (tertiary/aromatic N) is 2. The Bertz CT molecular complexity index is 763. The van der Waals surface area contributed by atoms with E-state index in [0.29, 0.717) is 16.8 Å². The summed E-state index contributed by atoms with van der Waals surface area (Å²) in [5, 5.41) is 4.02. The van der Waals surface area contributed by atoms with E-state index in [1.54, 1.807) is 39.2 Å². The zero-order chi connectivity index (χ0) is 15.1. The highest BCUT2D eigenvalue weighted by Gasteiger charge is 2.22. The van der Waals surface area contributed by atoms with Crippen LogP contribution in [-0.4, -0.2) is 18.2 Å². The van der Waals surface area contributed by atoms with Crippen molar-refractivity contribution < 1.29 is 8.42 Å². The van der Waals surface area contributed by atoms with Gasteiger partial charge in [-0.25, -0.2) is 8.42 Å². The minimum atomic E-state index is -3.71. The quantitative estimate of drug-likeness (QED) is 0.844. The lowest BCUT2D eigenvalue weighted by Gasteiger charge is -2.15. The highest BCUT2D eigenvalue weighted by molar-refractivity contribution is 7.92. The maximum absolute atomic E-state index is 12.5. The van der Waals surface area contributed by atoms with E-state index in [4.69, 9.17) is 5.73 Å². The largest absolute Gasteiger partial charge is 0.398 e. The molecule has 108 valence electrons. The van der Waals surface area contributed by atoms with Crippen LogP contribution < -0.4 is 10.5 Å². The van der Waals surface area contributed by atoms with Crippen LogP contribution >= 0.6 is 0 Å². The predicted molar refractivity (Wildman–Crippen MR) is 79.1 cm³/mol. The SMILES string of the molecule is Cc1cc(C)c(S(=O)(=O)Nc2ccn(C)n2)c(C)c1N. The van der Waals surface area contributed by atoms with Crippen molar-refractivity contribution in [2.45, 2.75) is 25.7 Å². The minimum Gasteiger partial charge on any atom is -0.398 e. The number of sulfonamides is 1. The van der Waals surface area contributed by atoms with Gasteiger partial charge in [0.1, 0.15) is 0 Å². The van der Waals surface area contributed by atoms with Gasteiger partial charge in [-0.1, -0.05) is 6.07 Å². The lowest BCUT2D eigenvalue weighted by Crippen LogP contribution is -2.17. The summed E-state index contributed by atoms with van der Waals surface area (Å²) in [7, 11) is -1.99. The second-order valence-corrected chi connectivity index (χ2v) is 6.48. The highest BCUT2D eigenvalue weighted by atomic mass is 32.2. The normalized spacial score (nSPS) is 11.6. The van der Waals surface area contributed by atoms with Gasteiger partial charge in [-0.2, -0.15) is 5.10 Å². The summed E-state index contributed by atoms with van der Waals surface area (Å²) in [5.74, 6) is 0.283. The average Bonchev–Trinajstić information content (AvgIpc) is 2.70. The summed E-state index contributed by atoms with van der Waals surface area (Å²) in [5.41, 5.74) is 8.53. The number of nitrogens with two attached hydrogens (primary N) is 1. The average molecular weight is 294 g/mol. The second kappa shape index (κ2) is 4.82. The molecular formula is C13H18N4O2S. The third-order valence-electron chi connectivity index (χ3n) is 3.18. The van der Waals surface area contributed by atoms with E-state index in [0.717, 1.165) is 5.56 Å². The fourth-order valence-electron chi connectivity index (χ4n) is 2.25. The molecular weight excluding hydrogens is 276 g/mol. The molecule has 0 saturated heterocycles. The summed E-state index contributed by atoms with van der Waals surface area (Å²) in [6.07, 6.45) is 1.67. The van der Waals surface area contributed by atoms with Gasteiger partial charge in [0.05, 0.1) is 4.90 Å². The first-order valence-corrected chi connectivity index (χ1v) is 7.59. The van der Waals surface area contributed by atoms with Gasteiger partial charge in [0.15, 0.2) is 5.82 Å². The van der Waals surface area contributed by atoms with Crippen molar-refractivity contribution in [3.8, 4) is 0 Å². The summed E-state index contributed by atoms with van der Waals surface area (Å²) in [6, 6.07) is 3.37. The maximum Gasteiger partial charge on any atom is 0.263 e. The number of aromatic nitrogens is 2. The molecule has 1 heterocycles. The van der Waals surface area contributed by atoms with Crippen molar-refractivity contribution in [3.05, 3.63) is 35.0 Å². The van der Waals surface area contributed by atoms with Crippen molar-refractivity contribution in [2.24, 2.45) is 7.05 Å². The topological polar surface area (TPSA) is 90.0 Å². The fourth-order valence-corrected chi connectivity index (χ4v) is 3.74. The number of hydrogen-bond donors (Lipinski definition) is 2. The Morgan fingerprint density at radius 1 is 1.25 bits per heavy atom. The first kappa shape index (κ1) is 14.4. The molecule has 0 saturated carbocycles. The standard InChI is InChI=1S/C13H18N4O2S/c1-8-7-9(2)13(10(3)12(8)14)20(18,19)16-11-5-6-17(4)15-11/h5-7H,14H2,1-4H3,(H,15,16). The third-order valence-corrected chi connectivity index (χ3v) is 4.83. The second-order valence-electron chi connectivity index (χ2n) is 4.86. The Kier molecular flexibility index (Phi) is 3.47. The number of anilines is 2. The van der Waals surface area contributed by atoms with Crippen molar-refractivity contribution in [3.63, 3.8) is 0 Å². The van der Waals surface area contributed by atoms with Crippen molar-refractivity contribution in [1.29, 1.82) is 0 Å². The Balaban J connectivity index is 2.52. The minimum absolute atomic E-state index is 0.214. The van der Waals surface area contributed by atoms with Crippen LogP contribution in [0.3, 0.4) is 0 Å². The Morgan fingerprint density at radius 2 is 1.90 bits per heavy atom. The molecule has 1 aromatic heterocycles. The zero-order valence-corrected chi connectivity index (χ0v) is 12.7. The zero-order valence-electron chi connectivity index (χ0n) is 11.9. The van der Waals surface area contributed by atoms with Gasteiger partial charge in [-0.15, -0.1) is 0 Å². The fraction of sp³-hybridized carbons (Fsp3) is 0.308. The molecule has 0 amide bonds. The molecule has 0 spiro atoms. The van der Waals surface area contributed by atoms with Crippen LogP contribution in [0.2, 0.25) is 0 Å². The first-order chi connectivity index (χ1) is 9.22. The molecule has 6 nitrogen and oxygen atoms in total. The number of aryl methyl sites for hydroxylation is 3. The van der Waals surface area contributed by atoms with Crippen LogP contribution in [0.5, 0.6) is 0 Å². The van der Waals surface area contributed by atoms with Gasteiger partial charge in [0.2, 0.25) is 0 Å². The van der Waals surface area contributed by atoms with E-state index in [9.17, 15) is 8.42 Å². The number of rotatable bonds is 3. The highest BCUT2D eigenvalue weighted by Crippen LogP contribution is 2.29. The van der Waals surface area contributed by atoms with Crippen molar-refractivity contribution in [1.82, 2.24) is 9.78 Å². The molecule has 0 bridgehead atoms. The molecule has 20 heavy (non-hydrogen) atoms. The van der Waals surface area contributed by atoms with Gasteiger partial charge < -0.3 is 5.73 Å². The van der Waals surface area contributed by atoms with E-state index in [1.165, 1.54) is 4.68 Å². The summed E-state index contributed by atoms with van der Waals surface area (Å²) in [4.78, 5) is 0.214. The van der Waals surface area contributed by atoms with E-state index >= 15 is 0 Å². The summed E-state index contributed by atoms with van der Waals surface area (Å²) in [6.45, 7) is 5.33. The van der Waals surface area contributed by atoms with Crippen LogP contribution in [-0.2, 0) is 17.1 Å². The molecule has 0 aliphatic heterocycles. The van der Waals surface area contributed by atoms with Gasteiger partial charge in [0.25, 0.3) is 10.0 Å². The van der Waals surface area contributed by atoms with Gasteiger partial charge in [0, 0.05) is 25.0 Å². The molecule has 7 heteroatoms. The molecule has 0 fully saturated rings. The van der Waals surface area contributed by atoms with Crippen molar-refractivity contribution in [2.75, 3.05) is 10.5 Å². The van der Waals surface area contributed by atoms with Crippen LogP contribution in [0.15, 0.2) is 23.2 Å². The third kappa shape index (κ3) is 2.49. The number of hydrogen-bond acceptors (Lipinski definition) is 4. The van der Waals surface area contributed by atoms with Crippen LogP contribution in [0, 0.1) is 20.8 Å². The number of benzene rings is 1. The Hall–Kier alpha value is -2.02. The van der Waals surface area contributed by atoms with Gasteiger partial charge in [-0.3, -0.25) is 9.40 Å². The lowest BCUT2D eigenvalue weighted by atomic mass is 10.1. The molecule has 0 atom stereocenters. The molecule has 0 aliphatic carbocycles. The molecule has 0 radical (unpaired) electrons. The van der Waals surface area contributed by atoms with Gasteiger partial charge in [-0.05, 0) is 37.5 Å².